The third-order valence-corrected chi connectivity index (χ3v) is 2.84. The first-order valence-electron chi connectivity index (χ1n) is 5.61. The summed E-state index contributed by atoms with van der Waals surface area (Å²) < 4.78 is 39.1. The van der Waals surface area contributed by atoms with Gasteiger partial charge in [-0.05, 0) is 26.1 Å². The fraction of sp³-hybridized carbons (Fsp3) is 0.417. The van der Waals surface area contributed by atoms with Crippen LogP contribution in [-0.2, 0) is 6.54 Å². The quantitative estimate of drug-likeness (QED) is 0.916. The van der Waals surface area contributed by atoms with Gasteiger partial charge in [-0.1, -0.05) is 12.1 Å². The summed E-state index contributed by atoms with van der Waals surface area (Å²) in [4.78, 5) is 4.27. The van der Waals surface area contributed by atoms with Crippen LogP contribution >= 0.6 is 0 Å². The fourth-order valence-corrected chi connectivity index (χ4v) is 1.90. The third kappa shape index (κ3) is 2.48. The molecule has 98 valence electrons. The maximum atomic E-state index is 12.6. The number of hydrogen-bond acceptors (Lipinski definition) is 2. The highest BCUT2D eigenvalue weighted by molar-refractivity contribution is 5.76. The summed E-state index contributed by atoms with van der Waals surface area (Å²) in [7, 11) is 1.70. The number of benzene rings is 1. The molecule has 1 aromatic carbocycles. The normalized spacial score (nSPS) is 14.1. The highest BCUT2D eigenvalue weighted by atomic mass is 19.4. The molecule has 0 aliphatic rings. The van der Waals surface area contributed by atoms with Crippen molar-refractivity contribution in [2.24, 2.45) is 0 Å². The number of rotatable bonds is 3. The second kappa shape index (κ2) is 4.61. The highest BCUT2D eigenvalue weighted by Crippen LogP contribution is 2.25. The summed E-state index contributed by atoms with van der Waals surface area (Å²) in [6, 6.07) is 6.61. The molecule has 1 heterocycles. The van der Waals surface area contributed by atoms with Gasteiger partial charge in [-0.3, -0.25) is 0 Å². The molecule has 1 N–H and O–H groups in total. The molecule has 3 nitrogen and oxygen atoms in total. The van der Waals surface area contributed by atoms with E-state index in [0.29, 0.717) is 16.9 Å². The van der Waals surface area contributed by atoms with Crippen LogP contribution in [0.2, 0.25) is 0 Å². The molecule has 0 amide bonds. The summed E-state index contributed by atoms with van der Waals surface area (Å²) in [6.45, 7) is 0.767. The number of alkyl halides is 3. The molecule has 1 aromatic heterocycles. The molecule has 2 rings (SSSR count). The molecule has 0 spiro atoms. The van der Waals surface area contributed by atoms with E-state index < -0.39 is 12.7 Å². The van der Waals surface area contributed by atoms with Crippen LogP contribution < -0.4 is 5.32 Å². The van der Waals surface area contributed by atoms with Crippen LogP contribution in [0.4, 0.5) is 13.2 Å². The molecular weight excluding hydrogens is 243 g/mol. The predicted molar refractivity (Wildman–Crippen MR) is 63.3 cm³/mol. The van der Waals surface area contributed by atoms with Gasteiger partial charge in [-0.25, -0.2) is 4.98 Å². The molecule has 0 fully saturated rings. The van der Waals surface area contributed by atoms with Gasteiger partial charge in [0.05, 0.1) is 17.1 Å². The molecule has 0 bridgehead atoms. The molecule has 0 saturated heterocycles. The van der Waals surface area contributed by atoms with Gasteiger partial charge in [0.2, 0.25) is 0 Å². The Morgan fingerprint density at radius 3 is 2.61 bits per heavy atom. The zero-order valence-electron chi connectivity index (χ0n) is 10.1. The van der Waals surface area contributed by atoms with E-state index >= 15 is 0 Å². The lowest BCUT2D eigenvalue weighted by atomic mass is 10.3. The lowest BCUT2D eigenvalue weighted by Crippen LogP contribution is -2.23. The van der Waals surface area contributed by atoms with Crippen LogP contribution in [0.1, 0.15) is 18.8 Å². The van der Waals surface area contributed by atoms with Gasteiger partial charge >= 0.3 is 6.18 Å². The van der Waals surface area contributed by atoms with Crippen LogP contribution in [0, 0.1) is 0 Å². The van der Waals surface area contributed by atoms with Crippen molar-refractivity contribution in [3.63, 3.8) is 0 Å². The molecule has 0 aliphatic carbocycles. The minimum absolute atomic E-state index is 0.236. The monoisotopic (exact) mass is 257 g/mol. The van der Waals surface area contributed by atoms with E-state index in [1.54, 1.807) is 38.2 Å². The molecule has 2 aromatic rings. The first kappa shape index (κ1) is 12.9. The van der Waals surface area contributed by atoms with Crippen molar-refractivity contribution >= 4 is 11.0 Å². The van der Waals surface area contributed by atoms with Crippen molar-refractivity contribution in [2.75, 3.05) is 7.05 Å². The Morgan fingerprint density at radius 2 is 2.00 bits per heavy atom. The smallest absolute Gasteiger partial charge is 0.317 e. The Labute approximate surface area is 103 Å². The van der Waals surface area contributed by atoms with E-state index in [2.05, 4.69) is 10.3 Å². The van der Waals surface area contributed by atoms with Crippen molar-refractivity contribution < 1.29 is 13.2 Å². The molecule has 6 heteroatoms. The lowest BCUT2D eigenvalue weighted by Gasteiger charge is -2.15. The van der Waals surface area contributed by atoms with Crippen molar-refractivity contribution in [3.05, 3.63) is 30.1 Å². The first-order chi connectivity index (χ1) is 8.42. The number of hydrogen-bond donors (Lipinski definition) is 1. The zero-order valence-corrected chi connectivity index (χ0v) is 10.1. The number of halogens is 3. The maximum Gasteiger partial charge on any atom is 0.406 e. The predicted octanol–water partition coefficient (Wildman–Crippen LogP) is 2.88. The van der Waals surface area contributed by atoms with Gasteiger partial charge in [0.15, 0.2) is 0 Å². The van der Waals surface area contributed by atoms with E-state index in [1.165, 1.54) is 4.57 Å². The second-order valence-electron chi connectivity index (χ2n) is 4.17. The number of aromatic nitrogens is 2. The highest BCUT2D eigenvalue weighted by Gasteiger charge is 2.30. The molecule has 1 unspecified atom stereocenters. The summed E-state index contributed by atoms with van der Waals surface area (Å²) in [6.07, 6.45) is -4.26. The molecule has 0 saturated carbocycles. The SMILES string of the molecule is CNC(C)c1nc2ccccc2n1CC(F)(F)F. The number of fused-ring (bicyclic) bond motifs is 1. The number of para-hydroxylation sites is 2. The van der Waals surface area contributed by atoms with E-state index in [4.69, 9.17) is 0 Å². The van der Waals surface area contributed by atoms with Crippen molar-refractivity contribution in [2.45, 2.75) is 25.7 Å². The van der Waals surface area contributed by atoms with Crippen molar-refractivity contribution in [1.82, 2.24) is 14.9 Å². The minimum Gasteiger partial charge on any atom is -0.317 e. The Morgan fingerprint density at radius 1 is 1.33 bits per heavy atom. The second-order valence-corrected chi connectivity index (χ2v) is 4.17. The fourth-order valence-electron chi connectivity index (χ4n) is 1.90. The van der Waals surface area contributed by atoms with Crippen LogP contribution in [0.5, 0.6) is 0 Å². The third-order valence-electron chi connectivity index (χ3n) is 2.84. The zero-order chi connectivity index (χ0) is 13.3. The van der Waals surface area contributed by atoms with Gasteiger partial charge in [0.25, 0.3) is 0 Å². The van der Waals surface area contributed by atoms with Crippen molar-refractivity contribution in [1.29, 1.82) is 0 Å². The van der Waals surface area contributed by atoms with Crippen LogP contribution in [0.25, 0.3) is 11.0 Å². The van der Waals surface area contributed by atoms with E-state index in [9.17, 15) is 13.2 Å². The van der Waals surface area contributed by atoms with Crippen LogP contribution in [0.3, 0.4) is 0 Å². The molecular formula is C12H14F3N3. The molecule has 0 aliphatic heterocycles. The number of nitrogens with zero attached hydrogens (tertiary/aromatic N) is 2. The van der Waals surface area contributed by atoms with Gasteiger partial charge < -0.3 is 9.88 Å². The molecule has 18 heavy (non-hydrogen) atoms. The first-order valence-corrected chi connectivity index (χ1v) is 5.61. The van der Waals surface area contributed by atoms with E-state index in [-0.39, 0.29) is 6.04 Å². The Kier molecular flexibility index (Phi) is 3.30. The van der Waals surface area contributed by atoms with Crippen LogP contribution in [-0.4, -0.2) is 22.8 Å². The molecule has 0 radical (unpaired) electrons. The minimum atomic E-state index is -4.26. The standard InChI is InChI=1S/C12H14F3N3/c1-8(16-2)11-17-9-5-3-4-6-10(9)18(11)7-12(13,14)15/h3-6,8,16H,7H2,1-2H3. The number of nitrogens with one attached hydrogen (secondary N) is 1. The number of imidazole rings is 1. The summed E-state index contributed by atoms with van der Waals surface area (Å²) in [5, 5.41) is 2.92. The van der Waals surface area contributed by atoms with Gasteiger partial charge in [0.1, 0.15) is 12.4 Å². The summed E-state index contributed by atoms with van der Waals surface area (Å²) in [5.74, 6) is 0.399. The topological polar surface area (TPSA) is 29.9 Å². The van der Waals surface area contributed by atoms with Gasteiger partial charge in [0, 0.05) is 0 Å². The average Bonchev–Trinajstić information content (AvgIpc) is 2.65. The van der Waals surface area contributed by atoms with Gasteiger partial charge in [-0.2, -0.15) is 13.2 Å². The summed E-state index contributed by atoms with van der Waals surface area (Å²) >= 11 is 0. The lowest BCUT2D eigenvalue weighted by molar-refractivity contribution is -0.140. The summed E-state index contributed by atoms with van der Waals surface area (Å²) in [5.41, 5.74) is 1.09. The van der Waals surface area contributed by atoms with E-state index in [1.807, 2.05) is 0 Å². The molecule has 1 atom stereocenters. The maximum absolute atomic E-state index is 12.6. The van der Waals surface area contributed by atoms with E-state index in [0.717, 1.165) is 0 Å². The largest absolute Gasteiger partial charge is 0.406 e. The van der Waals surface area contributed by atoms with Crippen molar-refractivity contribution in [3.8, 4) is 0 Å². The average molecular weight is 257 g/mol. The Hall–Kier alpha value is -1.56. The van der Waals surface area contributed by atoms with Gasteiger partial charge in [-0.15, -0.1) is 0 Å². The Bertz CT molecular complexity index is 545. The Balaban J connectivity index is 2.58. The van der Waals surface area contributed by atoms with Crippen LogP contribution in [0.15, 0.2) is 24.3 Å².